The Morgan fingerprint density at radius 2 is 2.14 bits per heavy atom. The zero-order valence-corrected chi connectivity index (χ0v) is 8.32. The largest absolute Gasteiger partial charge is 0.481 e. The molecule has 1 saturated carbocycles. The van der Waals surface area contributed by atoms with Gasteiger partial charge in [-0.25, -0.2) is 0 Å². The van der Waals surface area contributed by atoms with Gasteiger partial charge in [-0.1, -0.05) is 0 Å². The van der Waals surface area contributed by atoms with E-state index in [-0.39, 0.29) is 11.9 Å². The minimum Gasteiger partial charge on any atom is -0.481 e. The second kappa shape index (κ2) is 2.72. The maximum Gasteiger partial charge on any atom is 0.312 e. The van der Waals surface area contributed by atoms with Crippen LogP contribution < -0.4 is 0 Å². The summed E-state index contributed by atoms with van der Waals surface area (Å²) in [6, 6.07) is 0. The van der Waals surface area contributed by atoms with Gasteiger partial charge in [-0.05, 0) is 26.7 Å². The van der Waals surface area contributed by atoms with Gasteiger partial charge < -0.3 is 9.84 Å². The second-order valence-electron chi connectivity index (χ2n) is 4.72. The molecule has 0 spiro atoms. The van der Waals surface area contributed by atoms with E-state index in [1.165, 1.54) is 0 Å². The van der Waals surface area contributed by atoms with Gasteiger partial charge in [-0.3, -0.25) is 9.59 Å². The van der Waals surface area contributed by atoms with E-state index in [0.29, 0.717) is 6.42 Å². The Kier molecular flexibility index (Phi) is 1.84. The summed E-state index contributed by atoms with van der Waals surface area (Å²) in [6.07, 6.45) is 1.01. The summed E-state index contributed by atoms with van der Waals surface area (Å²) in [5.41, 5.74) is -0.505. The van der Waals surface area contributed by atoms with Crippen molar-refractivity contribution in [2.45, 2.75) is 32.8 Å². The number of fused-ring (bicyclic) bond motifs is 1. The Labute approximate surface area is 82.2 Å². The highest BCUT2D eigenvalue weighted by Gasteiger charge is 2.58. The molecule has 2 fully saturated rings. The first kappa shape index (κ1) is 9.49. The van der Waals surface area contributed by atoms with E-state index in [1.54, 1.807) is 0 Å². The molecule has 2 rings (SSSR count). The lowest BCUT2D eigenvalue weighted by Crippen LogP contribution is -2.28. The van der Waals surface area contributed by atoms with E-state index in [2.05, 4.69) is 0 Å². The van der Waals surface area contributed by atoms with Gasteiger partial charge in [0.25, 0.3) is 0 Å². The van der Waals surface area contributed by atoms with Crippen LogP contribution in [0.3, 0.4) is 0 Å². The first-order chi connectivity index (χ1) is 6.44. The Morgan fingerprint density at radius 3 is 2.71 bits per heavy atom. The van der Waals surface area contributed by atoms with Crippen molar-refractivity contribution in [3.8, 4) is 0 Å². The van der Waals surface area contributed by atoms with Crippen LogP contribution in [-0.2, 0) is 14.3 Å². The third kappa shape index (κ3) is 1.06. The number of rotatable bonds is 1. The fourth-order valence-corrected chi connectivity index (χ4v) is 2.59. The molecule has 1 aliphatic heterocycles. The van der Waals surface area contributed by atoms with E-state index in [9.17, 15) is 9.59 Å². The van der Waals surface area contributed by atoms with Crippen LogP contribution in [0.2, 0.25) is 0 Å². The standard InChI is InChI=1S/C10H14O4/c1-10(2)6-4-3-5(8(11)12)7(6)14-9(10)13/h5-7H,3-4H2,1-2H3,(H,11,12)/t5-,6-,7+/m1/s1. The summed E-state index contributed by atoms with van der Waals surface area (Å²) in [6.45, 7) is 3.68. The Bertz CT molecular complexity index is 294. The highest BCUT2D eigenvalue weighted by molar-refractivity contribution is 5.81. The first-order valence-corrected chi connectivity index (χ1v) is 4.88. The van der Waals surface area contributed by atoms with Gasteiger partial charge in [-0.15, -0.1) is 0 Å². The summed E-state index contributed by atoms with van der Waals surface area (Å²) >= 11 is 0. The average molecular weight is 198 g/mol. The third-order valence-electron chi connectivity index (χ3n) is 3.60. The number of hydrogen-bond donors (Lipinski definition) is 1. The van der Waals surface area contributed by atoms with E-state index < -0.39 is 23.4 Å². The number of carbonyl (C=O) groups is 2. The number of carboxylic acids is 1. The van der Waals surface area contributed by atoms with Crippen LogP contribution >= 0.6 is 0 Å². The molecule has 0 aromatic carbocycles. The van der Waals surface area contributed by atoms with E-state index >= 15 is 0 Å². The van der Waals surface area contributed by atoms with E-state index in [4.69, 9.17) is 9.84 Å². The zero-order valence-electron chi connectivity index (χ0n) is 8.32. The number of esters is 1. The van der Waals surface area contributed by atoms with Crippen LogP contribution in [0.5, 0.6) is 0 Å². The van der Waals surface area contributed by atoms with Crippen molar-refractivity contribution in [2.75, 3.05) is 0 Å². The molecule has 0 aromatic rings. The zero-order chi connectivity index (χ0) is 10.5. The Balaban J connectivity index is 2.25. The van der Waals surface area contributed by atoms with Crippen molar-refractivity contribution in [1.29, 1.82) is 0 Å². The van der Waals surface area contributed by atoms with Crippen LogP contribution in [-0.4, -0.2) is 23.1 Å². The normalized spacial score (nSPS) is 39.3. The van der Waals surface area contributed by atoms with Gasteiger partial charge in [0.05, 0.1) is 11.3 Å². The van der Waals surface area contributed by atoms with Crippen molar-refractivity contribution < 1.29 is 19.4 Å². The molecule has 2 aliphatic rings. The summed E-state index contributed by atoms with van der Waals surface area (Å²) in [7, 11) is 0. The summed E-state index contributed by atoms with van der Waals surface area (Å²) in [5.74, 6) is -1.51. The van der Waals surface area contributed by atoms with E-state index in [0.717, 1.165) is 6.42 Å². The fraction of sp³-hybridized carbons (Fsp3) is 0.800. The first-order valence-electron chi connectivity index (χ1n) is 4.88. The SMILES string of the molecule is CC1(C)C(=O)O[C@@H]2[C@H]1CC[C@H]2C(=O)O. The molecule has 78 valence electrons. The van der Waals surface area contributed by atoms with Crippen molar-refractivity contribution in [3.05, 3.63) is 0 Å². The lowest BCUT2D eigenvalue weighted by Gasteiger charge is -2.19. The summed E-state index contributed by atoms with van der Waals surface area (Å²) in [4.78, 5) is 22.3. The summed E-state index contributed by atoms with van der Waals surface area (Å²) < 4.78 is 5.15. The molecule has 1 aliphatic carbocycles. The minimum atomic E-state index is -0.844. The number of ether oxygens (including phenoxy) is 1. The van der Waals surface area contributed by atoms with Gasteiger partial charge in [0.15, 0.2) is 0 Å². The van der Waals surface area contributed by atoms with Crippen LogP contribution in [0.4, 0.5) is 0 Å². The molecule has 0 amide bonds. The van der Waals surface area contributed by atoms with Gasteiger partial charge in [-0.2, -0.15) is 0 Å². The maximum absolute atomic E-state index is 11.5. The predicted octanol–water partition coefficient (Wildman–Crippen LogP) is 1.05. The second-order valence-corrected chi connectivity index (χ2v) is 4.72. The van der Waals surface area contributed by atoms with Gasteiger partial charge in [0.1, 0.15) is 6.10 Å². The van der Waals surface area contributed by atoms with Crippen LogP contribution in [0, 0.1) is 17.3 Å². The number of carboxylic acid groups (broad SMARTS) is 1. The van der Waals surface area contributed by atoms with Crippen molar-refractivity contribution in [3.63, 3.8) is 0 Å². The molecule has 0 bridgehead atoms. The van der Waals surface area contributed by atoms with Gasteiger partial charge >= 0.3 is 11.9 Å². The predicted molar refractivity (Wildman–Crippen MR) is 47.5 cm³/mol. The number of aliphatic carboxylic acids is 1. The third-order valence-corrected chi connectivity index (χ3v) is 3.60. The molecule has 3 atom stereocenters. The molecule has 1 N–H and O–H groups in total. The molecule has 4 heteroatoms. The highest BCUT2D eigenvalue weighted by atomic mass is 16.6. The van der Waals surface area contributed by atoms with Crippen LogP contribution in [0.1, 0.15) is 26.7 Å². The Morgan fingerprint density at radius 1 is 1.50 bits per heavy atom. The fourth-order valence-electron chi connectivity index (χ4n) is 2.59. The summed E-state index contributed by atoms with van der Waals surface area (Å²) in [5, 5.41) is 8.93. The van der Waals surface area contributed by atoms with Crippen molar-refractivity contribution in [2.24, 2.45) is 17.3 Å². The molecular weight excluding hydrogens is 184 g/mol. The van der Waals surface area contributed by atoms with Gasteiger partial charge in [0.2, 0.25) is 0 Å². The van der Waals surface area contributed by atoms with Crippen molar-refractivity contribution in [1.82, 2.24) is 0 Å². The topological polar surface area (TPSA) is 63.6 Å². The lowest BCUT2D eigenvalue weighted by atomic mass is 9.79. The smallest absolute Gasteiger partial charge is 0.312 e. The minimum absolute atomic E-state index is 0.0797. The molecule has 1 saturated heterocycles. The molecule has 0 radical (unpaired) electrons. The maximum atomic E-state index is 11.5. The molecule has 1 heterocycles. The lowest BCUT2D eigenvalue weighted by molar-refractivity contribution is -0.153. The monoisotopic (exact) mass is 198 g/mol. The quantitative estimate of drug-likeness (QED) is 0.639. The molecular formula is C10H14O4. The molecule has 0 aromatic heterocycles. The van der Waals surface area contributed by atoms with Gasteiger partial charge in [0, 0.05) is 5.92 Å². The van der Waals surface area contributed by atoms with Crippen LogP contribution in [0.25, 0.3) is 0 Å². The highest BCUT2D eigenvalue weighted by Crippen LogP contribution is 2.50. The molecule has 14 heavy (non-hydrogen) atoms. The molecule has 0 unspecified atom stereocenters. The van der Waals surface area contributed by atoms with Crippen molar-refractivity contribution >= 4 is 11.9 Å². The number of carbonyl (C=O) groups excluding carboxylic acids is 1. The molecule has 4 nitrogen and oxygen atoms in total. The Hall–Kier alpha value is -1.06. The number of hydrogen-bond acceptors (Lipinski definition) is 3. The van der Waals surface area contributed by atoms with E-state index in [1.807, 2.05) is 13.8 Å². The average Bonchev–Trinajstić information content (AvgIpc) is 2.55. The van der Waals surface area contributed by atoms with Crippen LogP contribution in [0.15, 0.2) is 0 Å².